The highest BCUT2D eigenvalue weighted by atomic mass is 16.1. The lowest BCUT2D eigenvalue weighted by Crippen LogP contribution is -2.39. The van der Waals surface area contributed by atoms with Crippen LogP contribution in [-0.4, -0.2) is 44.0 Å². The van der Waals surface area contributed by atoms with E-state index in [9.17, 15) is 4.79 Å². The normalized spacial score (nSPS) is 24.1. The summed E-state index contributed by atoms with van der Waals surface area (Å²) in [5, 5.41) is 3.22. The van der Waals surface area contributed by atoms with Gasteiger partial charge in [0.1, 0.15) is 0 Å². The zero-order valence-corrected chi connectivity index (χ0v) is 16.0. The molecule has 2 fully saturated rings. The van der Waals surface area contributed by atoms with E-state index in [0.29, 0.717) is 0 Å². The molecule has 3 rings (SSSR count). The Kier molecular flexibility index (Phi) is 6.00. The molecule has 25 heavy (non-hydrogen) atoms. The topological polar surface area (TPSA) is 35.6 Å². The molecular weight excluding hydrogens is 310 g/mol. The minimum Gasteiger partial charge on any atom is -0.371 e. The molecule has 0 aliphatic carbocycles. The first kappa shape index (κ1) is 18.2. The van der Waals surface area contributed by atoms with Gasteiger partial charge in [0, 0.05) is 24.7 Å². The number of piperidine rings is 2. The van der Waals surface area contributed by atoms with Gasteiger partial charge in [0.05, 0.1) is 6.04 Å². The van der Waals surface area contributed by atoms with Crippen molar-refractivity contribution < 1.29 is 4.79 Å². The Morgan fingerprint density at radius 3 is 2.44 bits per heavy atom. The molecule has 1 amide bonds. The smallest absolute Gasteiger partial charge is 0.223 e. The van der Waals surface area contributed by atoms with Crippen molar-refractivity contribution in [2.24, 2.45) is 11.8 Å². The van der Waals surface area contributed by atoms with Crippen LogP contribution in [0, 0.1) is 11.8 Å². The van der Waals surface area contributed by atoms with E-state index in [1.54, 1.807) is 0 Å². The molecular formula is C21H33N3O. The fourth-order valence-corrected chi connectivity index (χ4v) is 4.08. The largest absolute Gasteiger partial charge is 0.371 e. The van der Waals surface area contributed by atoms with Crippen LogP contribution in [0.25, 0.3) is 0 Å². The van der Waals surface area contributed by atoms with Crippen LogP contribution in [0.1, 0.15) is 51.1 Å². The number of hydrogen-bond donors (Lipinski definition) is 1. The Balaban J connectivity index is 1.55. The summed E-state index contributed by atoms with van der Waals surface area (Å²) in [5.74, 6) is 1.17. The number of carbonyl (C=O) groups is 1. The van der Waals surface area contributed by atoms with Crippen molar-refractivity contribution in [3.05, 3.63) is 29.8 Å². The first-order chi connectivity index (χ1) is 12.0. The van der Waals surface area contributed by atoms with Crippen LogP contribution in [0.4, 0.5) is 5.69 Å². The predicted molar refractivity (Wildman–Crippen MR) is 104 cm³/mol. The van der Waals surface area contributed by atoms with E-state index >= 15 is 0 Å². The highest BCUT2D eigenvalue weighted by Gasteiger charge is 2.24. The first-order valence-electron chi connectivity index (χ1n) is 9.86. The van der Waals surface area contributed by atoms with Crippen molar-refractivity contribution in [3.63, 3.8) is 0 Å². The molecule has 4 nitrogen and oxygen atoms in total. The molecule has 0 saturated carbocycles. The molecule has 2 heterocycles. The molecule has 4 heteroatoms. The summed E-state index contributed by atoms with van der Waals surface area (Å²) in [6, 6.07) is 8.85. The fourth-order valence-electron chi connectivity index (χ4n) is 4.08. The Morgan fingerprint density at radius 1 is 1.12 bits per heavy atom. The number of likely N-dealkylation sites (tertiary alicyclic amines) is 1. The SMILES string of the molecule is C[C@H]1CCCN(c2ccc([C@@H](C)NC(=O)C3CCN(C)CC3)cc2)C1. The molecule has 138 valence electrons. The lowest BCUT2D eigenvalue weighted by molar-refractivity contribution is -0.127. The summed E-state index contributed by atoms with van der Waals surface area (Å²) in [4.78, 5) is 17.3. The molecule has 0 bridgehead atoms. The maximum Gasteiger partial charge on any atom is 0.223 e. The van der Waals surface area contributed by atoms with Gasteiger partial charge < -0.3 is 15.1 Å². The minimum absolute atomic E-state index is 0.0708. The third kappa shape index (κ3) is 4.75. The summed E-state index contributed by atoms with van der Waals surface area (Å²) in [6.07, 6.45) is 4.57. The Morgan fingerprint density at radius 2 is 1.80 bits per heavy atom. The summed E-state index contributed by atoms with van der Waals surface area (Å²) < 4.78 is 0. The summed E-state index contributed by atoms with van der Waals surface area (Å²) in [6.45, 7) is 8.78. The van der Waals surface area contributed by atoms with Crippen LogP contribution in [-0.2, 0) is 4.79 Å². The van der Waals surface area contributed by atoms with Gasteiger partial charge in [-0.1, -0.05) is 19.1 Å². The van der Waals surface area contributed by atoms with Gasteiger partial charge in [-0.2, -0.15) is 0 Å². The standard InChI is InChI=1S/C21H33N3O/c1-16-5-4-12-24(15-16)20-8-6-18(7-9-20)17(2)22-21(25)19-10-13-23(3)14-11-19/h6-9,16-17,19H,4-5,10-15H2,1-3H3,(H,22,25)/t16-,17+/m0/s1. The lowest BCUT2D eigenvalue weighted by Gasteiger charge is -2.33. The van der Waals surface area contributed by atoms with Crippen LogP contribution in [0.3, 0.4) is 0 Å². The number of amides is 1. The monoisotopic (exact) mass is 343 g/mol. The van der Waals surface area contributed by atoms with Crippen LogP contribution in [0.2, 0.25) is 0 Å². The molecule has 0 unspecified atom stereocenters. The molecule has 2 aliphatic heterocycles. The van der Waals surface area contributed by atoms with E-state index < -0.39 is 0 Å². The van der Waals surface area contributed by atoms with E-state index in [1.807, 2.05) is 0 Å². The van der Waals surface area contributed by atoms with Gasteiger partial charge >= 0.3 is 0 Å². The lowest BCUT2D eigenvalue weighted by atomic mass is 9.95. The van der Waals surface area contributed by atoms with Crippen LogP contribution in [0.15, 0.2) is 24.3 Å². The molecule has 0 aromatic heterocycles. The Bertz CT molecular complexity index is 563. The van der Waals surface area contributed by atoms with Crippen LogP contribution in [0.5, 0.6) is 0 Å². The van der Waals surface area contributed by atoms with Crippen molar-refractivity contribution in [3.8, 4) is 0 Å². The van der Waals surface area contributed by atoms with Gasteiger partial charge in [-0.05, 0) is 76.4 Å². The van der Waals surface area contributed by atoms with Crippen LogP contribution < -0.4 is 10.2 Å². The van der Waals surface area contributed by atoms with Gasteiger partial charge in [0.25, 0.3) is 0 Å². The van der Waals surface area contributed by atoms with Gasteiger partial charge in [-0.15, -0.1) is 0 Å². The quantitative estimate of drug-likeness (QED) is 0.910. The third-order valence-electron chi connectivity index (χ3n) is 5.86. The van der Waals surface area contributed by atoms with Gasteiger partial charge in [-0.3, -0.25) is 4.79 Å². The minimum atomic E-state index is 0.0708. The Hall–Kier alpha value is -1.55. The Labute approximate surface area is 152 Å². The average Bonchev–Trinajstić information content (AvgIpc) is 2.62. The van der Waals surface area contributed by atoms with Gasteiger partial charge in [0.2, 0.25) is 5.91 Å². The number of hydrogen-bond acceptors (Lipinski definition) is 3. The van der Waals surface area contributed by atoms with Crippen LogP contribution >= 0.6 is 0 Å². The van der Waals surface area contributed by atoms with E-state index in [0.717, 1.165) is 44.9 Å². The first-order valence-corrected chi connectivity index (χ1v) is 9.86. The molecule has 0 spiro atoms. The van der Waals surface area contributed by atoms with Crippen molar-refractivity contribution in [1.82, 2.24) is 10.2 Å². The van der Waals surface area contributed by atoms with Crippen molar-refractivity contribution in [2.75, 3.05) is 38.1 Å². The number of carbonyl (C=O) groups excluding carboxylic acids is 1. The van der Waals surface area contributed by atoms with E-state index in [-0.39, 0.29) is 17.9 Å². The summed E-state index contributed by atoms with van der Waals surface area (Å²) in [5.41, 5.74) is 2.50. The summed E-state index contributed by atoms with van der Waals surface area (Å²) >= 11 is 0. The number of nitrogens with zero attached hydrogens (tertiary/aromatic N) is 2. The third-order valence-corrected chi connectivity index (χ3v) is 5.86. The van der Waals surface area contributed by atoms with Gasteiger partial charge in [-0.25, -0.2) is 0 Å². The highest BCUT2D eigenvalue weighted by molar-refractivity contribution is 5.79. The maximum absolute atomic E-state index is 12.5. The second-order valence-corrected chi connectivity index (χ2v) is 8.09. The fraction of sp³-hybridized carbons (Fsp3) is 0.667. The number of anilines is 1. The second-order valence-electron chi connectivity index (χ2n) is 8.09. The molecule has 2 aliphatic rings. The number of nitrogens with one attached hydrogen (secondary N) is 1. The molecule has 2 saturated heterocycles. The maximum atomic E-state index is 12.5. The van der Waals surface area contributed by atoms with Crippen molar-refractivity contribution in [1.29, 1.82) is 0 Å². The predicted octanol–water partition coefficient (Wildman–Crippen LogP) is 3.44. The zero-order valence-electron chi connectivity index (χ0n) is 16.0. The molecule has 1 aromatic carbocycles. The van der Waals surface area contributed by atoms with Gasteiger partial charge in [0.15, 0.2) is 0 Å². The van der Waals surface area contributed by atoms with Crippen molar-refractivity contribution in [2.45, 2.75) is 45.6 Å². The van der Waals surface area contributed by atoms with Crippen molar-refractivity contribution >= 4 is 11.6 Å². The van der Waals surface area contributed by atoms with E-state index in [4.69, 9.17) is 0 Å². The highest BCUT2D eigenvalue weighted by Crippen LogP contribution is 2.25. The zero-order chi connectivity index (χ0) is 17.8. The number of benzene rings is 1. The molecule has 1 aromatic rings. The van der Waals surface area contributed by atoms with E-state index in [2.05, 4.69) is 60.3 Å². The van der Waals surface area contributed by atoms with E-state index in [1.165, 1.54) is 24.1 Å². The second kappa shape index (κ2) is 8.22. The number of rotatable bonds is 4. The molecule has 1 N–H and O–H groups in total. The molecule has 0 radical (unpaired) electrons. The molecule has 2 atom stereocenters. The summed E-state index contributed by atoms with van der Waals surface area (Å²) in [7, 11) is 2.13. The average molecular weight is 344 g/mol.